The summed E-state index contributed by atoms with van der Waals surface area (Å²) in [4.78, 5) is 32.3. The van der Waals surface area contributed by atoms with Crippen molar-refractivity contribution >= 4 is 22.6 Å². The Bertz CT molecular complexity index is 970. The van der Waals surface area contributed by atoms with Gasteiger partial charge in [-0.05, 0) is 51.1 Å². The first-order chi connectivity index (χ1) is 12.0. The summed E-state index contributed by atoms with van der Waals surface area (Å²) in [6.45, 7) is 5.97. The molecule has 0 aliphatic carbocycles. The van der Waals surface area contributed by atoms with E-state index in [0.29, 0.717) is 29.2 Å². The van der Waals surface area contributed by atoms with Gasteiger partial charge in [-0.1, -0.05) is 0 Å². The van der Waals surface area contributed by atoms with E-state index < -0.39 is 0 Å². The molecule has 1 amide bonds. The highest BCUT2D eigenvalue weighted by molar-refractivity contribution is 5.90. The molecule has 0 atom stereocenters. The summed E-state index contributed by atoms with van der Waals surface area (Å²) in [5, 5.41) is 3.26. The second kappa shape index (κ2) is 6.80. The van der Waals surface area contributed by atoms with Gasteiger partial charge in [-0.15, -0.1) is 0 Å². The number of aromatic amines is 1. The Morgan fingerprint density at radius 1 is 1.28 bits per heavy atom. The number of aryl methyl sites for hydroxylation is 2. The van der Waals surface area contributed by atoms with Gasteiger partial charge in [-0.2, -0.15) is 0 Å². The minimum atomic E-state index is -0.289. The highest BCUT2D eigenvalue weighted by Gasteiger charge is 2.13. The predicted octanol–water partition coefficient (Wildman–Crippen LogP) is 2.38. The van der Waals surface area contributed by atoms with Crippen LogP contribution < -0.4 is 15.6 Å². The molecular formula is C18H20N4O3. The van der Waals surface area contributed by atoms with Crippen molar-refractivity contribution in [2.45, 2.75) is 27.3 Å². The fourth-order valence-corrected chi connectivity index (χ4v) is 2.67. The highest BCUT2D eigenvalue weighted by atomic mass is 16.5. The number of anilines is 1. The number of benzene rings is 1. The molecule has 7 heteroatoms. The molecule has 130 valence electrons. The van der Waals surface area contributed by atoms with Crippen LogP contribution in [0, 0.1) is 13.8 Å². The van der Waals surface area contributed by atoms with Crippen LogP contribution >= 0.6 is 0 Å². The number of hydrogen-bond acceptors (Lipinski definition) is 4. The lowest BCUT2D eigenvalue weighted by Gasteiger charge is -2.10. The smallest absolute Gasteiger partial charge is 0.263 e. The number of fused-ring (bicyclic) bond motifs is 1. The van der Waals surface area contributed by atoms with Crippen LogP contribution in [-0.4, -0.2) is 27.0 Å². The first kappa shape index (κ1) is 16.8. The summed E-state index contributed by atoms with van der Waals surface area (Å²) >= 11 is 0. The fourth-order valence-electron chi connectivity index (χ4n) is 2.67. The number of hydrogen-bond donors (Lipinski definition) is 2. The van der Waals surface area contributed by atoms with Gasteiger partial charge in [-0.3, -0.25) is 14.2 Å². The Morgan fingerprint density at radius 3 is 2.68 bits per heavy atom. The van der Waals surface area contributed by atoms with E-state index in [4.69, 9.17) is 4.74 Å². The van der Waals surface area contributed by atoms with Crippen LogP contribution in [0.25, 0.3) is 11.0 Å². The standard InChI is InChI=1S/C18H20N4O3/c1-4-25-14-7-5-13(6-8-14)21-16(23)10-22-12(3)20-17-15(18(22)24)9-11(2)19-17/h5-9,19H,4,10H2,1-3H3,(H,21,23). The molecule has 1 aromatic carbocycles. The SMILES string of the molecule is CCOc1ccc(NC(=O)Cn2c(C)nc3[nH]c(C)cc3c2=O)cc1. The highest BCUT2D eigenvalue weighted by Crippen LogP contribution is 2.15. The molecule has 0 unspecified atom stereocenters. The van der Waals surface area contributed by atoms with E-state index in [-0.39, 0.29) is 18.0 Å². The lowest BCUT2D eigenvalue weighted by molar-refractivity contribution is -0.116. The van der Waals surface area contributed by atoms with E-state index in [0.717, 1.165) is 11.4 Å². The maximum Gasteiger partial charge on any atom is 0.263 e. The zero-order valence-electron chi connectivity index (χ0n) is 14.4. The average Bonchev–Trinajstić information content (AvgIpc) is 2.94. The normalized spacial score (nSPS) is 10.8. The van der Waals surface area contributed by atoms with Crippen LogP contribution in [-0.2, 0) is 11.3 Å². The van der Waals surface area contributed by atoms with E-state index in [9.17, 15) is 9.59 Å². The Balaban J connectivity index is 1.78. The molecule has 0 radical (unpaired) electrons. The summed E-state index contributed by atoms with van der Waals surface area (Å²) in [6, 6.07) is 8.83. The van der Waals surface area contributed by atoms with Crippen LogP contribution in [0.2, 0.25) is 0 Å². The monoisotopic (exact) mass is 340 g/mol. The summed E-state index contributed by atoms with van der Waals surface area (Å²) in [5.74, 6) is 0.939. The Morgan fingerprint density at radius 2 is 2.00 bits per heavy atom. The van der Waals surface area contributed by atoms with Crippen molar-refractivity contribution in [1.29, 1.82) is 0 Å². The third kappa shape index (κ3) is 3.55. The Hall–Kier alpha value is -3.09. The number of nitrogens with zero attached hydrogens (tertiary/aromatic N) is 2. The van der Waals surface area contributed by atoms with Crippen molar-refractivity contribution in [2.75, 3.05) is 11.9 Å². The van der Waals surface area contributed by atoms with Gasteiger partial charge in [-0.25, -0.2) is 4.98 Å². The number of nitrogens with one attached hydrogen (secondary N) is 2. The first-order valence-electron chi connectivity index (χ1n) is 8.07. The third-order valence-corrected chi connectivity index (χ3v) is 3.82. The van der Waals surface area contributed by atoms with Crippen molar-refractivity contribution in [3.63, 3.8) is 0 Å². The van der Waals surface area contributed by atoms with Gasteiger partial charge in [0.05, 0.1) is 12.0 Å². The topological polar surface area (TPSA) is 89.0 Å². The molecule has 2 aromatic heterocycles. The summed E-state index contributed by atoms with van der Waals surface area (Å²) in [5.41, 5.74) is 1.82. The van der Waals surface area contributed by atoms with Crippen LogP contribution in [0.1, 0.15) is 18.4 Å². The lowest BCUT2D eigenvalue weighted by atomic mass is 10.3. The van der Waals surface area contributed by atoms with E-state index in [2.05, 4.69) is 15.3 Å². The van der Waals surface area contributed by atoms with Gasteiger partial charge < -0.3 is 15.0 Å². The van der Waals surface area contributed by atoms with Crippen molar-refractivity contribution in [3.05, 3.63) is 52.2 Å². The van der Waals surface area contributed by atoms with E-state index >= 15 is 0 Å². The molecule has 7 nitrogen and oxygen atoms in total. The van der Waals surface area contributed by atoms with Crippen LogP contribution in [0.3, 0.4) is 0 Å². The number of carbonyl (C=O) groups excluding carboxylic acids is 1. The largest absolute Gasteiger partial charge is 0.494 e. The first-order valence-corrected chi connectivity index (χ1v) is 8.07. The van der Waals surface area contributed by atoms with E-state index in [1.807, 2.05) is 13.8 Å². The van der Waals surface area contributed by atoms with Crippen LogP contribution in [0.4, 0.5) is 5.69 Å². The van der Waals surface area contributed by atoms with Gasteiger partial charge in [0, 0.05) is 11.4 Å². The van der Waals surface area contributed by atoms with Crippen molar-refractivity contribution in [3.8, 4) is 5.75 Å². The summed E-state index contributed by atoms with van der Waals surface area (Å²) in [6.07, 6.45) is 0. The average molecular weight is 340 g/mol. The van der Waals surface area contributed by atoms with Gasteiger partial charge >= 0.3 is 0 Å². The van der Waals surface area contributed by atoms with Crippen molar-refractivity contribution < 1.29 is 9.53 Å². The molecule has 3 aromatic rings. The quantitative estimate of drug-likeness (QED) is 0.746. The molecule has 3 rings (SSSR count). The number of rotatable bonds is 5. The zero-order valence-corrected chi connectivity index (χ0v) is 14.4. The minimum absolute atomic E-state index is 0.0922. The minimum Gasteiger partial charge on any atom is -0.494 e. The second-order valence-electron chi connectivity index (χ2n) is 5.77. The number of H-pyrrole nitrogens is 1. The third-order valence-electron chi connectivity index (χ3n) is 3.82. The number of amides is 1. The summed E-state index contributed by atoms with van der Waals surface area (Å²) in [7, 11) is 0. The van der Waals surface area contributed by atoms with Crippen LogP contribution in [0.15, 0.2) is 35.1 Å². The molecule has 0 bridgehead atoms. The van der Waals surface area contributed by atoms with Gasteiger partial charge in [0.25, 0.3) is 5.56 Å². The molecule has 0 saturated heterocycles. The molecule has 25 heavy (non-hydrogen) atoms. The van der Waals surface area contributed by atoms with E-state index in [1.165, 1.54) is 4.57 Å². The van der Waals surface area contributed by atoms with Gasteiger partial charge in [0.1, 0.15) is 23.8 Å². The number of ether oxygens (including phenoxy) is 1. The zero-order chi connectivity index (χ0) is 18.0. The van der Waals surface area contributed by atoms with Crippen molar-refractivity contribution in [1.82, 2.24) is 14.5 Å². The van der Waals surface area contributed by atoms with E-state index in [1.54, 1.807) is 37.3 Å². The van der Waals surface area contributed by atoms with Crippen molar-refractivity contribution in [2.24, 2.45) is 0 Å². The predicted molar refractivity (Wildman–Crippen MR) is 96.1 cm³/mol. The molecule has 2 heterocycles. The molecule has 0 aliphatic heterocycles. The molecule has 0 saturated carbocycles. The maximum atomic E-state index is 12.6. The fraction of sp³-hybridized carbons (Fsp3) is 0.278. The maximum absolute atomic E-state index is 12.6. The lowest BCUT2D eigenvalue weighted by Crippen LogP contribution is -2.30. The van der Waals surface area contributed by atoms with Gasteiger partial charge in [0.2, 0.25) is 5.91 Å². The Labute approximate surface area is 144 Å². The number of carbonyl (C=O) groups is 1. The Kier molecular flexibility index (Phi) is 4.56. The second-order valence-corrected chi connectivity index (χ2v) is 5.77. The number of aromatic nitrogens is 3. The molecule has 2 N–H and O–H groups in total. The van der Waals surface area contributed by atoms with Crippen LogP contribution in [0.5, 0.6) is 5.75 Å². The summed E-state index contributed by atoms with van der Waals surface area (Å²) < 4.78 is 6.74. The molecule has 0 aliphatic rings. The van der Waals surface area contributed by atoms with Gasteiger partial charge in [0.15, 0.2) is 0 Å². The molecular weight excluding hydrogens is 320 g/mol. The molecule has 0 fully saturated rings. The molecule has 0 spiro atoms.